The van der Waals surface area contributed by atoms with E-state index in [1.54, 1.807) is 0 Å². The third-order valence-electron chi connectivity index (χ3n) is 3.21. The zero-order chi connectivity index (χ0) is 13.9. The van der Waals surface area contributed by atoms with Crippen molar-refractivity contribution in [2.75, 3.05) is 0 Å². The van der Waals surface area contributed by atoms with Gasteiger partial charge in [0.05, 0.1) is 0 Å². The fourth-order valence-electron chi connectivity index (χ4n) is 1.97. The van der Waals surface area contributed by atoms with E-state index < -0.39 is 0 Å². The molecule has 2 nitrogen and oxygen atoms in total. The molecule has 0 heterocycles. The molecular weight excluding hydrogens is 338 g/mol. The van der Waals surface area contributed by atoms with Crippen molar-refractivity contribution in [1.82, 2.24) is 5.32 Å². The van der Waals surface area contributed by atoms with Crippen molar-refractivity contribution < 1.29 is 4.74 Å². The molecule has 1 saturated carbocycles. The quantitative estimate of drug-likeness (QED) is 0.804. The highest BCUT2D eigenvalue weighted by Gasteiger charge is 2.20. The van der Waals surface area contributed by atoms with Crippen LogP contribution in [0, 0.1) is 0 Å². The second-order valence-corrected chi connectivity index (χ2v) is 6.32. The molecule has 0 atom stereocenters. The average molecular weight is 353 g/mol. The highest BCUT2D eigenvalue weighted by atomic mass is 79.9. The van der Waals surface area contributed by atoms with Gasteiger partial charge in [0.1, 0.15) is 11.5 Å². The molecule has 1 aliphatic carbocycles. The first-order valence-electron chi connectivity index (χ1n) is 6.66. The minimum atomic E-state index is 0.676. The van der Waals surface area contributed by atoms with Crippen molar-refractivity contribution in [3.05, 3.63) is 57.5 Å². The van der Waals surface area contributed by atoms with Crippen LogP contribution >= 0.6 is 27.5 Å². The highest BCUT2D eigenvalue weighted by molar-refractivity contribution is 9.10. The molecule has 0 amide bonds. The Labute approximate surface area is 132 Å². The Bertz CT molecular complexity index is 613. The van der Waals surface area contributed by atoms with E-state index in [1.165, 1.54) is 12.8 Å². The van der Waals surface area contributed by atoms with Crippen LogP contribution in [-0.4, -0.2) is 6.04 Å². The maximum atomic E-state index is 5.99. The number of halogens is 2. The van der Waals surface area contributed by atoms with Gasteiger partial charge in [0, 0.05) is 27.6 Å². The molecule has 104 valence electrons. The summed E-state index contributed by atoms with van der Waals surface area (Å²) in [4.78, 5) is 0. The van der Waals surface area contributed by atoms with Gasteiger partial charge in [-0.2, -0.15) is 0 Å². The van der Waals surface area contributed by atoms with Gasteiger partial charge in [-0.05, 0) is 43.2 Å². The second-order valence-electron chi connectivity index (χ2n) is 4.97. The predicted molar refractivity (Wildman–Crippen MR) is 85.5 cm³/mol. The monoisotopic (exact) mass is 351 g/mol. The average Bonchev–Trinajstić information content (AvgIpc) is 3.22. The molecule has 1 fully saturated rings. The fourth-order valence-corrected chi connectivity index (χ4v) is 2.49. The lowest BCUT2D eigenvalue weighted by molar-refractivity contribution is 0.472. The van der Waals surface area contributed by atoms with E-state index in [2.05, 4.69) is 27.3 Å². The van der Waals surface area contributed by atoms with Crippen molar-refractivity contribution in [2.24, 2.45) is 0 Å². The number of nitrogens with one attached hydrogen (secondary N) is 1. The number of ether oxygens (including phenoxy) is 1. The van der Waals surface area contributed by atoms with Crippen molar-refractivity contribution in [1.29, 1.82) is 0 Å². The fraction of sp³-hybridized carbons (Fsp3) is 0.250. The Morgan fingerprint density at radius 3 is 2.80 bits per heavy atom. The normalized spacial score (nSPS) is 14.3. The van der Waals surface area contributed by atoms with Crippen LogP contribution in [0.15, 0.2) is 46.9 Å². The van der Waals surface area contributed by atoms with Crippen molar-refractivity contribution in [3.8, 4) is 11.5 Å². The van der Waals surface area contributed by atoms with E-state index in [1.807, 2.05) is 36.4 Å². The molecule has 0 bridgehead atoms. The molecule has 0 aliphatic heterocycles. The topological polar surface area (TPSA) is 21.3 Å². The van der Waals surface area contributed by atoms with Gasteiger partial charge in [-0.3, -0.25) is 0 Å². The summed E-state index contributed by atoms with van der Waals surface area (Å²) >= 11 is 9.48. The molecule has 1 N–H and O–H groups in total. The second kappa shape index (κ2) is 6.17. The molecular formula is C16H15BrClNO. The first-order chi connectivity index (χ1) is 9.70. The van der Waals surface area contributed by atoms with Gasteiger partial charge in [-0.15, -0.1) is 0 Å². The van der Waals surface area contributed by atoms with E-state index >= 15 is 0 Å². The van der Waals surface area contributed by atoms with Gasteiger partial charge in [-0.1, -0.05) is 39.7 Å². The maximum absolute atomic E-state index is 5.99. The van der Waals surface area contributed by atoms with Gasteiger partial charge in [0.15, 0.2) is 0 Å². The number of benzene rings is 2. The van der Waals surface area contributed by atoms with Gasteiger partial charge >= 0.3 is 0 Å². The lowest BCUT2D eigenvalue weighted by atomic mass is 10.2. The summed E-state index contributed by atoms with van der Waals surface area (Å²) in [7, 11) is 0. The summed E-state index contributed by atoms with van der Waals surface area (Å²) in [6, 6.07) is 14.2. The summed E-state index contributed by atoms with van der Waals surface area (Å²) in [5.41, 5.74) is 1.15. The zero-order valence-electron chi connectivity index (χ0n) is 10.9. The van der Waals surface area contributed by atoms with Crippen molar-refractivity contribution in [3.63, 3.8) is 0 Å². The van der Waals surface area contributed by atoms with Crippen LogP contribution in [0.2, 0.25) is 5.02 Å². The van der Waals surface area contributed by atoms with E-state index in [0.29, 0.717) is 11.1 Å². The molecule has 0 saturated heterocycles. The molecule has 0 aromatic heterocycles. The lowest BCUT2D eigenvalue weighted by Crippen LogP contribution is -2.15. The summed E-state index contributed by atoms with van der Waals surface area (Å²) in [5, 5.41) is 4.18. The molecule has 4 heteroatoms. The Balaban J connectivity index is 1.80. The molecule has 3 rings (SSSR count). The smallest absolute Gasteiger partial charge is 0.133 e. The van der Waals surface area contributed by atoms with Crippen LogP contribution in [-0.2, 0) is 6.54 Å². The molecule has 0 unspecified atom stereocenters. The summed E-state index contributed by atoms with van der Waals surface area (Å²) in [5.74, 6) is 1.61. The summed E-state index contributed by atoms with van der Waals surface area (Å²) in [6.07, 6.45) is 2.56. The predicted octanol–water partition coefficient (Wildman–Crippen LogP) is 5.15. The minimum absolute atomic E-state index is 0.676. The van der Waals surface area contributed by atoms with Crippen LogP contribution in [0.4, 0.5) is 0 Å². The van der Waals surface area contributed by atoms with Crippen LogP contribution in [0.25, 0.3) is 0 Å². The Morgan fingerprint density at radius 1 is 1.20 bits per heavy atom. The SMILES string of the molecule is Clc1cccc(Oc2cc(Br)ccc2CNC2CC2)c1. The largest absolute Gasteiger partial charge is 0.457 e. The minimum Gasteiger partial charge on any atom is -0.457 e. The van der Waals surface area contributed by atoms with E-state index in [-0.39, 0.29) is 0 Å². The standard InChI is InChI=1S/C16H15BrClNO/c17-12-5-4-11(10-19-14-6-7-14)16(8-12)20-15-3-1-2-13(18)9-15/h1-5,8-9,14,19H,6-7,10H2. The maximum Gasteiger partial charge on any atom is 0.133 e. The van der Waals surface area contributed by atoms with Gasteiger partial charge in [0.25, 0.3) is 0 Å². The lowest BCUT2D eigenvalue weighted by Gasteiger charge is -2.12. The first-order valence-corrected chi connectivity index (χ1v) is 7.83. The molecule has 1 aliphatic rings. The molecule has 20 heavy (non-hydrogen) atoms. The molecule has 2 aromatic carbocycles. The summed E-state index contributed by atoms with van der Waals surface area (Å²) < 4.78 is 6.97. The molecule has 0 radical (unpaired) electrons. The van der Waals surface area contributed by atoms with Gasteiger partial charge in [-0.25, -0.2) is 0 Å². The summed E-state index contributed by atoms with van der Waals surface area (Å²) in [6.45, 7) is 0.827. The van der Waals surface area contributed by atoms with Crippen molar-refractivity contribution >= 4 is 27.5 Å². The molecule has 2 aromatic rings. The van der Waals surface area contributed by atoms with Crippen LogP contribution < -0.4 is 10.1 Å². The highest BCUT2D eigenvalue weighted by Crippen LogP contribution is 2.30. The third kappa shape index (κ3) is 3.75. The number of hydrogen-bond donors (Lipinski definition) is 1. The van der Waals surface area contributed by atoms with Gasteiger partial charge in [0.2, 0.25) is 0 Å². The van der Waals surface area contributed by atoms with Crippen molar-refractivity contribution in [2.45, 2.75) is 25.4 Å². The van der Waals surface area contributed by atoms with E-state index in [0.717, 1.165) is 28.1 Å². The Hall–Kier alpha value is -1.03. The molecule has 0 spiro atoms. The number of rotatable bonds is 5. The third-order valence-corrected chi connectivity index (χ3v) is 3.94. The van der Waals surface area contributed by atoms with Crippen LogP contribution in [0.5, 0.6) is 11.5 Å². The van der Waals surface area contributed by atoms with Crippen LogP contribution in [0.1, 0.15) is 18.4 Å². The van der Waals surface area contributed by atoms with Gasteiger partial charge < -0.3 is 10.1 Å². The van der Waals surface area contributed by atoms with E-state index in [4.69, 9.17) is 16.3 Å². The Kier molecular flexibility index (Phi) is 4.29. The Morgan fingerprint density at radius 2 is 2.05 bits per heavy atom. The van der Waals surface area contributed by atoms with E-state index in [9.17, 15) is 0 Å². The van der Waals surface area contributed by atoms with Crippen LogP contribution in [0.3, 0.4) is 0 Å². The zero-order valence-corrected chi connectivity index (χ0v) is 13.2. The first kappa shape index (κ1) is 13.9. The number of hydrogen-bond acceptors (Lipinski definition) is 2.